The minimum absolute atomic E-state index is 0.225. The lowest BCUT2D eigenvalue weighted by Crippen LogP contribution is -2.21. The van der Waals surface area contributed by atoms with Gasteiger partial charge in [0, 0.05) is 15.8 Å². The van der Waals surface area contributed by atoms with Crippen LogP contribution in [0, 0.1) is 6.92 Å². The minimum atomic E-state index is -0.346. The number of hydrogen-bond acceptors (Lipinski definition) is 6. The van der Waals surface area contributed by atoms with Crippen LogP contribution in [0.4, 0.5) is 10.8 Å². The number of benzene rings is 4. The Morgan fingerprint density at radius 3 is 2.60 bits per heavy atom. The molecule has 0 atom stereocenters. The van der Waals surface area contributed by atoms with E-state index in [1.807, 2.05) is 61.5 Å². The highest BCUT2D eigenvalue weighted by Crippen LogP contribution is 2.33. The fraction of sp³-hybridized carbons (Fsp3) is 0.121. The molecule has 1 amide bonds. The first-order valence-electron chi connectivity index (χ1n) is 13.0. The normalized spacial score (nSPS) is 11.7. The number of carbonyl (C=O) groups is 1. The molecule has 0 unspecified atom stereocenters. The van der Waals surface area contributed by atoms with Gasteiger partial charge < -0.3 is 9.15 Å². The molecule has 2 aromatic heterocycles. The molecule has 7 heteroatoms. The molecule has 0 saturated heterocycles. The Hall–Kier alpha value is -4.75. The number of fused-ring (bicyclic) bond motifs is 2. The zero-order valence-corrected chi connectivity index (χ0v) is 23.2. The number of anilines is 1. The second kappa shape index (κ2) is 10.8. The summed E-state index contributed by atoms with van der Waals surface area (Å²) in [6, 6.07) is 29.6. The van der Waals surface area contributed by atoms with Crippen molar-refractivity contribution >= 4 is 49.8 Å². The summed E-state index contributed by atoms with van der Waals surface area (Å²) in [6.45, 7) is 4.09. The Morgan fingerprint density at radius 1 is 0.950 bits per heavy atom. The number of methoxy groups -OCH3 is 1. The maximum Gasteiger partial charge on any atom is 0.262 e. The third kappa shape index (κ3) is 5.11. The Morgan fingerprint density at radius 2 is 1.80 bits per heavy atom. The van der Waals surface area contributed by atoms with Crippen molar-refractivity contribution in [1.82, 2.24) is 4.98 Å². The van der Waals surface area contributed by atoms with Crippen molar-refractivity contribution in [2.45, 2.75) is 20.3 Å². The first kappa shape index (κ1) is 25.5. The van der Waals surface area contributed by atoms with E-state index in [2.05, 4.69) is 42.6 Å². The number of nitrogens with zero attached hydrogens (tertiary/aromatic N) is 2. The number of aromatic nitrogens is 1. The third-order valence-electron chi connectivity index (χ3n) is 6.69. The van der Waals surface area contributed by atoms with Gasteiger partial charge in [-0.3, -0.25) is 10.1 Å². The van der Waals surface area contributed by atoms with Crippen molar-refractivity contribution in [2.75, 3.05) is 12.4 Å². The third-order valence-corrected chi connectivity index (χ3v) is 7.81. The first-order chi connectivity index (χ1) is 19.5. The van der Waals surface area contributed by atoms with Crippen LogP contribution in [-0.2, 0) is 6.42 Å². The van der Waals surface area contributed by atoms with Gasteiger partial charge in [0.15, 0.2) is 5.13 Å². The first-order valence-corrected chi connectivity index (χ1v) is 13.9. The molecule has 2 heterocycles. The predicted octanol–water partition coefficient (Wildman–Crippen LogP) is 8.07. The Balaban J connectivity index is 1.41. The number of aryl methyl sites for hydroxylation is 2. The summed E-state index contributed by atoms with van der Waals surface area (Å²) >= 11 is 1.48. The van der Waals surface area contributed by atoms with Crippen LogP contribution in [0.15, 0.2) is 100 Å². The quantitative estimate of drug-likeness (QED) is 0.230. The minimum Gasteiger partial charge on any atom is -0.497 e. The van der Waals surface area contributed by atoms with E-state index in [9.17, 15) is 4.79 Å². The fourth-order valence-electron chi connectivity index (χ4n) is 4.67. The predicted molar refractivity (Wildman–Crippen MR) is 162 cm³/mol. The van der Waals surface area contributed by atoms with Crippen LogP contribution in [0.25, 0.3) is 33.0 Å². The number of thiazole rings is 1. The van der Waals surface area contributed by atoms with E-state index in [0.717, 1.165) is 38.9 Å². The van der Waals surface area contributed by atoms with Gasteiger partial charge in [-0.1, -0.05) is 55.5 Å². The summed E-state index contributed by atoms with van der Waals surface area (Å²) in [5.41, 5.74) is 4.80. The van der Waals surface area contributed by atoms with Crippen molar-refractivity contribution in [3.63, 3.8) is 0 Å². The zero-order chi connectivity index (χ0) is 27.6. The summed E-state index contributed by atoms with van der Waals surface area (Å²) in [5, 5.41) is 6.59. The monoisotopic (exact) mass is 545 g/mol. The van der Waals surface area contributed by atoms with Gasteiger partial charge in [0.1, 0.15) is 16.9 Å². The van der Waals surface area contributed by atoms with E-state index >= 15 is 0 Å². The van der Waals surface area contributed by atoms with Gasteiger partial charge >= 0.3 is 0 Å². The molecule has 0 aliphatic heterocycles. The number of carbonyl (C=O) groups excluding carboxylic acids is 1. The van der Waals surface area contributed by atoms with E-state index in [1.165, 1.54) is 16.7 Å². The van der Waals surface area contributed by atoms with Gasteiger partial charge in [-0.2, -0.15) is 0 Å². The number of hydrogen-bond donors (Lipinski definition) is 1. The highest BCUT2D eigenvalue weighted by Gasteiger charge is 2.18. The number of nitrogens with one attached hydrogen (secondary N) is 1. The number of amides is 1. The van der Waals surface area contributed by atoms with Gasteiger partial charge in [-0.05, 0) is 72.1 Å². The van der Waals surface area contributed by atoms with Crippen LogP contribution in [0.3, 0.4) is 0 Å². The molecule has 40 heavy (non-hydrogen) atoms. The molecule has 1 N–H and O–H groups in total. The van der Waals surface area contributed by atoms with Crippen molar-refractivity contribution in [1.29, 1.82) is 0 Å². The van der Waals surface area contributed by atoms with Crippen LogP contribution in [0.1, 0.15) is 27.7 Å². The van der Waals surface area contributed by atoms with Crippen LogP contribution in [0.5, 0.6) is 5.75 Å². The van der Waals surface area contributed by atoms with Crippen LogP contribution < -0.4 is 15.6 Å². The molecule has 6 rings (SSSR count). The Bertz CT molecular complexity index is 1950. The molecule has 4 aromatic carbocycles. The van der Waals surface area contributed by atoms with E-state index in [-0.39, 0.29) is 11.5 Å². The molecule has 0 bridgehead atoms. The SMILES string of the molecule is CCc1sc(NC(=O)c2cc3cc(OC)ccc3oc2=Nc2cccc(C)c2)nc1-c1ccc2ccccc2c1. The molecule has 0 saturated carbocycles. The zero-order valence-electron chi connectivity index (χ0n) is 22.4. The molecule has 0 fully saturated rings. The second-order valence-corrected chi connectivity index (χ2v) is 10.6. The average molecular weight is 546 g/mol. The molecule has 6 nitrogen and oxygen atoms in total. The molecular weight excluding hydrogens is 518 g/mol. The van der Waals surface area contributed by atoms with Gasteiger partial charge in [-0.25, -0.2) is 9.98 Å². The topological polar surface area (TPSA) is 76.7 Å². The number of rotatable bonds is 6. The molecule has 0 aliphatic rings. The highest BCUT2D eigenvalue weighted by molar-refractivity contribution is 7.16. The standard InChI is InChI=1S/C33H27N3O3S/c1-4-29-30(23-13-12-21-9-5-6-10-22(21)17-23)35-33(40-29)36-31(37)27-19-24-18-26(38-3)14-15-28(24)39-32(27)34-25-11-7-8-20(2)16-25/h5-19H,4H2,1-3H3,(H,35,36,37). The summed E-state index contributed by atoms with van der Waals surface area (Å²) in [6.07, 6.45) is 0.800. The Labute approximate surface area is 235 Å². The second-order valence-electron chi connectivity index (χ2n) is 9.48. The van der Waals surface area contributed by atoms with E-state index in [4.69, 9.17) is 19.1 Å². The van der Waals surface area contributed by atoms with Crippen molar-refractivity contribution < 1.29 is 13.9 Å². The lowest BCUT2D eigenvalue weighted by molar-refractivity contribution is 0.102. The summed E-state index contributed by atoms with van der Waals surface area (Å²) < 4.78 is 11.5. The van der Waals surface area contributed by atoms with Gasteiger partial charge in [0.05, 0.1) is 18.5 Å². The summed E-state index contributed by atoms with van der Waals surface area (Å²) in [7, 11) is 1.61. The lowest BCUT2D eigenvalue weighted by Gasteiger charge is -2.07. The smallest absolute Gasteiger partial charge is 0.262 e. The Kier molecular flexibility index (Phi) is 6.88. The van der Waals surface area contributed by atoms with Crippen LogP contribution in [-0.4, -0.2) is 18.0 Å². The fourth-order valence-corrected chi connectivity index (χ4v) is 5.59. The summed E-state index contributed by atoms with van der Waals surface area (Å²) in [5.74, 6) is 0.325. The highest BCUT2D eigenvalue weighted by atomic mass is 32.1. The molecule has 198 valence electrons. The van der Waals surface area contributed by atoms with E-state index < -0.39 is 0 Å². The lowest BCUT2D eigenvalue weighted by atomic mass is 10.0. The van der Waals surface area contributed by atoms with Crippen molar-refractivity contribution in [3.8, 4) is 17.0 Å². The maximum atomic E-state index is 13.7. The molecule has 0 radical (unpaired) electrons. The van der Waals surface area contributed by atoms with E-state index in [0.29, 0.717) is 27.7 Å². The van der Waals surface area contributed by atoms with E-state index in [1.54, 1.807) is 13.2 Å². The van der Waals surface area contributed by atoms with Crippen LogP contribution >= 0.6 is 11.3 Å². The molecular formula is C33H27N3O3S. The van der Waals surface area contributed by atoms with Gasteiger partial charge in [0.25, 0.3) is 5.91 Å². The van der Waals surface area contributed by atoms with Crippen molar-refractivity contribution in [3.05, 3.63) is 113 Å². The van der Waals surface area contributed by atoms with Crippen LogP contribution in [0.2, 0.25) is 0 Å². The average Bonchev–Trinajstić information content (AvgIpc) is 3.39. The molecule has 0 spiro atoms. The van der Waals surface area contributed by atoms with Gasteiger partial charge in [-0.15, -0.1) is 11.3 Å². The largest absolute Gasteiger partial charge is 0.497 e. The van der Waals surface area contributed by atoms with Gasteiger partial charge in [0.2, 0.25) is 5.55 Å². The summed E-state index contributed by atoms with van der Waals surface area (Å²) in [4.78, 5) is 24.4. The maximum absolute atomic E-state index is 13.7. The number of ether oxygens (including phenoxy) is 1. The molecule has 0 aliphatic carbocycles. The van der Waals surface area contributed by atoms with Crippen molar-refractivity contribution in [2.24, 2.45) is 4.99 Å². The molecule has 6 aromatic rings.